The van der Waals surface area contributed by atoms with Crippen LogP contribution in [0.25, 0.3) is 0 Å². The first-order valence-corrected chi connectivity index (χ1v) is 7.82. The second-order valence-electron chi connectivity index (χ2n) is 5.77. The molecule has 1 saturated heterocycles. The quantitative estimate of drug-likeness (QED) is 0.872. The second kappa shape index (κ2) is 6.53. The highest BCUT2D eigenvalue weighted by Crippen LogP contribution is 2.24. The zero-order chi connectivity index (χ0) is 16.2. The van der Waals surface area contributed by atoms with Gasteiger partial charge in [-0.2, -0.15) is 5.26 Å². The molecule has 0 aromatic heterocycles. The molecule has 3 rings (SSSR count). The topological polar surface area (TPSA) is 47.3 Å². The van der Waals surface area contributed by atoms with Crippen LogP contribution in [0.2, 0.25) is 0 Å². The number of anilines is 2. The maximum absolute atomic E-state index is 12.6. The Morgan fingerprint density at radius 3 is 2.48 bits per heavy atom. The number of nitriles is 1. The Morgan fingerprint density at radius 2 is 1.83 bits per heavy atom. The van der Waals surface area contributed by atoms with Crippen molar-refractivity contribution in [3.05, 3.63) is 59.7 Å². The number of nitrogens with zero attached hydrogens (tertiary/aromatic N) is 3. The average molecular weight is 305 g/mol. The van der Waals surface area contributed by atoms with Crippen molar-refractivity contribution in [2.75, 3.05) is 29.9 Å². The van der Waals surface area contributed by atoms with Crippen molar-refractivity contribution in [2.24, 2.45) is 0 Å². The second-order valence-corrected chi connectivity index (χ2v) is 5.77. The smallest absolute Gasteiger partial charge is 0.258 e. The molecule has 0 bridgehead atoms. The summed E-state index contributed by atoms with van der Waals surface area (Å²) in [6.07, 6.45) is 2.49. The molecule has 4 heteroatoms. The van der Waals surface area contributed by atoms with Gasteiger partial charge in [-0.3, -0.25) is 4.79 Å². The van der Waals surface area contributed by atoms with Crippen LogP contribution < -0.4 is 9.80 Å². The first-order valence-electron chi connectivity index (χ1n) is 7.82. The fraction of sp³-hybridized carbons (Fsp3) is 0.263. The molecule has 116 valence electrons. The van der Waals surface area contributed by atoms with Crippen LogP contribution in [0.3, 0.4) is 0 Å². The fourth-order valence-corrected chi connectivity index (χ4v) is 2.90. The zero-order valence-electron chi connectivity index (χ0n) is 13.2. The number of benzene rings is 2. The molecule has 1 aliphatic heterocycles. The normalized spacial score (nSPS) is 13.7. The van der Waals surface area contributed by atoms with Gasteiger partial charge in [-0.25, -0.2) is 0 Å². The SMILES string of the molecule is CN(C(=O)c1cccc(C#N)c1)c1ccc(N2CCCC2)cc1. The van der Waals surface area contributed by atoms with Crippen molar-refractivity contribution in [3.8, 4) is 6.07 Å². The summed E-state index contributed by atoms with van der Waals surface area (Å²) in [4.78, 5) is 16.5. The van der Waals surface area contributed by atoms with Gasteiger partial charge in [0.05, 0.1) is 11.6 Å². The van der Waals surface area contributed by atoms with Crippen molar-refractivity contribution in [1.82, 2.24) is 0 Å². The van der Waals surface area contributed by atoms with Crippen molar-refractivity contribution >= 4 is 17.3 Å². The number of carbonyl (C=O) groups excluding carboxylic acids is 1. The largest absolute Gasteiger partial charge is 0.372 e. The Hall–Kier alpha value is -2.80. The van der Waals surface area contributed by atoms with Gasteiger partial charge in [0, 0.05) is 37.1 Å². The van der Waals surface area contributed by atoms with E-state index in [-0.39, 0.29) is 5.91 Å². The summed E-state index contributed by atoms with van der Waals surface area (Å²) in [7, 11) is 1.76. The summed E-state index contributed by atoms with van der Waals surface area (Å²) in [5.74, 6) is -0.115. The van der Waals surface area contributed by atoms with Gasteiger partial charge in [-0.05, 0) is 55.3 Å². The van der Waals surface area contributed by atoms with E-state index < -0.39 is 0 Å². The highest BCUT2D eigenvalue weighted by molar-refractivity contribution is 6.06. The molecule has 0 radical (unpaired) electrons. The Balaban J connectivity index is 1.77. The average Bonchev–Trinajstić information content (AvgIpc) is 3.15. The highest BCUT2D eigenvalue weighted by Gasteiger charge is 2.16. The van der Waals surface area contributed by atoms with E-state index in [0.717, 1.165) is 18.8 Å². The third-order valence-corrected chi connectivity index (χ3v) is 4.25. The van der Waals surface area contributed by atoms with E-state index in [1.807, 2.05) is 12.1 Å². The van der Waals surface area contributed by atoms with Crippen molar-refractivity contribution in [2.45, 2.75) is 12.8 Å². The van der Waals surface area contributed by atoms with E-state index in [0.29, 0.717) is 11.1 Å². The number of carbonyl (C=O) groups is 1. The molecular formula is C19H19N3O. The van der Waals surface area contributed by atoms with E-state index in [9.17, 15) is 4.79 Å². The monoisotopic (exact) mass is 305 g/mol. The van der Waals surface area contributed by atoms with Crippen LogP contribution in [0.15, 0.2) is 48.5 Å². The van der Waals surface area contributed by atoms with Gasteiger partial charge >= 0.3 is 0 Å². The Kier molecular flexibility index (Phi) is 4.29. The third-order valence-electron chi connectivity index (χ3n) is 4.25. The minimum absolute atomic E-state index is 0.115. The molecule has 1 heterocycles. The number of hydrogen-bond donors (Lipinski definition) is 0. The maximum atomic E-state index is 12.6. The number of hydrogen-bond acceptors (Lipinski definition) is 3. The summed E-state index contributed by atoms with van der Waals surface area (Å²) < 4.78 is 0. The molecule has 0 atom stereocenters. The van der Waals surface area contributed by atoms with Crippen LogP contribution in [0.4, 0.5) is 11.4 Å². The van der Waals surface area contributed by atoms with Crippen LogP contribution in [0.5, 0.6) is 0 Å². The van der Waals surface area contributed by atoms with Gasteiger partial charge in [-0.15, -0.1) is 0 Å². The van der Waals surface area contributed by atoms with E-state index in [1.165, 1.54) is 18.5 Å². The molecule has 4 nitrogen and oxygen atoms in total. The zero-order valence-corrected chi connectivity index (χ0v) is 13.2. The molecule has 1 amide bonds. The Morgan fingerprint density at radius 1 is 1.13 bits per heavy atom. The molecule has 0 spiro atoms. The summed E-state index contributed by atoms with van der Waals surface area (Å²) in [5.41, 5.74) is 3.07. The maximum Gasteiger partial charge on any atom is 0.258 e. The minimum atomic E-state index is -0.115. The van der Waals surface area contributed by atoms with Crippen molar-refractivity contribution < 1.29 is 4.79 Å². The molecule has 2 aromatic rings. The van der Waals surface area contributed by atoms with Gasteiger partial charge in [0.2, 0.25) is 0 Å². The standard InChI is InChI=1S/C19H19N3O/c1-21(19(23)16-6-4-5-15(13-16)14-20)17-7-9-18(10-8-17)22-11-2-3-12-22/h4-10,13H,2-3,11-12H2,1H3. The van der Waals surface area contributed by atoms with Gasteiger partial charge in [0.15, 0.2) is 0 Å². The minimum Gasteiger partial charge on any atom is -0.372 e. The lowest BCUT2D eigenvalue weighted by atomic mass is 10.1. The Labute approximate surface area is 136 Å². The molecule has 1 aliphatic rings. The molecule has 0 aliphatic carbocycles. The Bertz CT molecular complexity index is 740. The number of amides is 1. The van der Waals surface area contributed by atoms with Crippen molar-refractivity contribution in [1.29, 1.82) is 5.26 Å². The van der Waals surface area contributed by atoms with E-state index in [4.69, 9.17) is 5.26 Å². The predicted octanol–water partition coefficient (Wildman–Crippen LogP) is 3.44. The van der Waals surface area contributed by atoms with Gasteiger partial charge in [-0.1, -0.05) is 6.07 Å². The lowest BCUT2D eigenvalue weighted by Crippen LogP contribution is -2.26. The predicted molar refractivity (Wildman–Crippen MR) is 91.8 cm³/mol. The van der Waals surface area contributed by atoms with Gasteiger partial charge in [0.25, 0.3) is 5.91 Å². The summed E-state index contributed by atoms with van der Waals surface area (Å²) >= 11 is 0. The summed E-state index contributed by atoms with van der Waals surface area (Å²) in [6, 6.07) is 16.9. The van der Waals surface area contributed by atoms with Gasteiger partial charge < -0.3 is 9.80 Å². The third kappa shape index (κ3) is 3.19. The van der Waals surface area contributed by atoms with E-state index in [2.05, 4.69) is 23.1 Å². The molecule has 23 heavy (non-hydrogen) atoms. The fourth-order valence-electron chi connectivity index (χ4n) is 2.90. The first kappa shape index (κ1) is 15.1. The van der Waals surface area contributed by atoms with Crippen LogP contribution in [0, 0.1) is 11.3 Å². The molecule has 0 saturated carbocycles. The molecule has 2 aromatic carbocycles. The number of rotatable bonds is 3. The van der Waals surface area contributed by atoms with Crippen LogP contribution >= 0.6 is 0 Å². The van der Waals surface area contributed by atoms with Crippen LogP contribution in [-0.2, 0) is 0 Å². The first-order chi connectivity index (χ1) is 11.2. The molecule has 0 N–H and O–H groups in total. The molecule has 0 unspecified atom stereocenters. The lowest BCUT2D eigenvalue weighted by Gasteiger charge is -2.21. The van der Waals surface area contributed by atoms with Crippen molar-refractivity contribution in [3.63, 3.8) is 0 Å². The van der Waals surface area contributed by atoms with E-state index >= 15 is 0 Å². The van der Waals surface area contributed by atoms with E-state index in [1.54, 1.807) is 36.2 Å². The van der Waals surface area contributed by atoms with Crippen LogP contribution in [0.1, 0.15) is 28.8 Å². The molecule has 1 fully saturated rings. The lowest BCUT2D eigenvalue weighted by molar-refractivity contribution is 0.0993. The van der Waals surface area contributed by atoms with Gasteiger partial charge in [0.1, 0.15) is 0 Å². The van der Waals surface area contributed by atoms with Crippen LogP contribution in [-0.4, -0.2) is 26.0 Å². The highest BCUT2D eigenvalue weighted by atomic mass is 16.2. The summed E-state index contributed by atoms with van der Waals surface area (Å²) in [5, 5.41) is 8.95. The summed E-state index contributed by atoms with van der Waals surface area (Å²) in [6.45, 7) is 2.21. The molecular weight excluding hydrogens is 286 g/mol.